The lowest BCUT2D eigenvalue weighted by molar-refractivity contribution is -0.139. The van der Waals surface area contributed by atoms with E-state index in [4.69, 9.17) is 18.9 Å². The summed E-state index contributed by atoms with van der Waals surface area (Å²) >= 11 is 0. The summed E-state index contributed by atoms with van der Waals surface area (Å²) in [6.45, 7) is 11.7. The van der Waals surface area contributed by atoms with Crippen LogP contribution in [0.5, 0.6) is 5.75 Å². The highest BCUT2D eigenvalue weighted by atomic mass is 16.6. The van der Waals surface area contributed by atoms with Gasteiger partial charge in [0.05, 0.1) is 26.7 Å². The van der Waals surface area contributed by atoms with E-state index in [0.29, 0.717) is 50.9 Å². The summed E-state index contributed by atoms with van der Waals surface area (Å²) in [7, 11) is 3.20. The fourth-order valence-electron chi connectivity index (χ4n) is 6.32. The molecule has 9 nitrogen and oxygen atoms in total. The number of piperidine rings is 1. The zero-order valence-electron chi connectivity index (χ0n) is 28.4. The van der Waals surface area contributed by atoms with Crippen molar-refractivity contribution in [3.63, 3.8) is 0 Å². The Morgan fingerprint density at radius 1 is 1.02 bits per heavy atom. The molecule has 0 aromatic heterocycles. The minimum atomic E-state index is -0.616. The van der Waals surface area contributed by atoms with Gasteiger partial charge in [-0.15, -0.1) is 0 Å². The second kappa shape index (κ2) is 14.2. The van der Waals surface area contributed by atoms with E-state index in [1.54, 1.807) is 19.1 Å². The van der Waals surface area contributed by atoms with Crippen molar-refractivity contribution in [2.45, 2.75) is 84.4 Å². The maximum absolute atomic E-state index is 14.6. The molecule has 2 amide bonds. The predicted molar refractivity (Wildman–Crippen MR) is 178 cm³/mol. The van der Waals surface area contributed by atoms with E-state index in [0.717, 1.165) is 24.2 Å². The van der Waals surface area contributed by atoms with Crippen molar-refractivity contribution >= 4 is 17.9 Å². The molecule has 1 saturated carbocycles. The van der Waals surface area contributed by atoms with Crippen molar-refractivity contribution in [3.8, 4) is 5.75 Å². The van der Waals surface area contributed by atoms with Gasteiger partial charge >= 0.3 is 6.09 Å². The van der Waals surface area contributed by atoms with Crippen LogP contribution in [0, 0.1) is 25.7 Å². The molecule has 248 valence electrons. The molecule has 2 aliphatic heterocycles. The van der Waals surface area contributed by atoms with Crippen LogP contribution in [0.3, 0.4) is 0 Å². The first kappa shape index (κ1) is 33.4. The zero-order chi connectivity index (χ0) is 33.0. The number of nitrogens with zero attached hydrogens (tertiary/aromatic N) is 3. The number of carbonyl (C=O) groups excluding carboxylic acids is 2. The maximum Gasteiger partial charge on any atom is 0.410 e. The molecule has 2 aromatic carbocycles. The van der Waals surface area contributed by atoms with Crippen LogP contribution < -0.4 is 4.74 Å². The molecular weight excluding hydrogens is 582 g/mol. The lowest BCUT2D eigenvalue weighted by atomic mass is 9.79. The molecule has 3 aliphatic rings. The molecule has 5 rings (SSSR count). The summed E-state index contributed by atoms with van der Waals surface area (Å²) in [6, 6.07) is 14.6. The van der Waals surface area contributed by atoms with Gasteiger partial charge in [0.2, 0.25) is 11.8 Å². The van der Waals surface area contributed by atoms with Crippen LogP contribution in [0.2, 0.25) is 0 Å². The number of amides is 2. The lowest BCUT2D eigenvalue weighted by Gasteiger charge is -2.40. The summed E-state index contributed by atoms with van der Waals surface area (Å²) in [4.78, 5) is 36.0. The van der Waals surface area contributed by atoms with Gasteiger partial charge in [-0.25, -0.2) is 4.79 Å². The van der Waals surface area contributed by atoms with E-state index in [1.165, 1.54) is 16.7 Å². The number of ether oxygens (including phenoxy) is 4. The van der Waals surface area contributed by atoms with Gasteiger partial charge in [-0.05, 0) is 100 Å². The van der Waals surface area contributed by atoms with E-state index in [1.807, 2.05) is 39.0 Å². The van der Waals surface area contributed by atoms with Crippen LogP contribution in [-0.4, -0.2) is 73.3 Å². The molecule has 0 bridgehead atoms. The van der Waals surface area contributed by atoms with Crippen LogP contribution in [-0.2, 0) is 25.5 Å². The van der Waals surface area contributed by atoms with E-state index < -0.39 is 11.5 Å². The van der Waals surface area contributed by atoms with Gasteiger partial charge in [-0.2, -0.15) is 4.99 Å². The van der Waals surface area contributed by atoms with E-state index in [9.17, 15) is 9.59 Å². The van der Waals surface area contributed by atoms with Gasteiger partial charge in [0.15, 0.2) is 5.90 Å². The predicted octanol–water partition coefficient (Wildman–Crippen LogP) is 6.77. The summed E-state index contributed by atoms with van der Waals surface area (Å²) in [5.41, 5.74) is 4.03. The Morgan fingerprint density at radius 3 is 2.48 bits per heavy atom. The maximum atomic E-state index is 14.6. The largest absolute Gasteiger partial charge is 0.493 e. The molecule has 2 fully saturated rings. The van der Waals surface area contributed by atoms with Crippen molar-refractivity contribution < 1.29 is 28.5 Å². The highest BCUT2D eigenvalue weighted by molar-refractivity contribution is 5.82. The number of likely N-dealkylation sites (tertiary alicyclic amines) is 1. The highest BCUT2D eigenvalue weighted by Gasteiger charge is 2.43. The van der Waals surface area contributed by atoms with Crippen LogP contribution in [0.4, 0.5) is 4.79 Å². The van der Waals surface area contributed by atoms with E-state index >= 15 is 0 Å². The summed E-state index contributed by atoms with van der Waals surface area (Å²) in [6.07, 6.45) is 4.86. The molecule has 3 atom stereocenters. The molecule has 2 aromatic rings. The molecule has 0 radical (unpaired) electrons. The van der Waals surface area contributed by atoms with Gasteiger partial charge in [0.25, 0.3) is 0 Å². The summed E-state index contributed by atoms with van der Waals surface area (Å²) in [5, 5.41) is 0. The topological polar surface area (TPSA) is 89.9 Å². The monoisotopic (exact) mass is 631 g/mol. The molecule has 1 unspecified atom stereocenters. The van der Waals surface area contributed by atoms with Crippen molar-refractivity contribution in [2.75, 3.05) is 33.9 Å². The SMILES string of the molecule is COC1=CC(COc2cccc([C@H]3CCN(C(=O)OC(C)(C)C)C[C@@H]3C(=O)N(Cc3cccc(C)c3C)C3CC3)c2)CC(OC)=N1. The Kier molecular flexibility index (Phi) is 10.3. The molecular formula is C37H49N3O6. The fourth-order valence-corrected chi connectivity index (χ4v) is 6.32. The van der Waals surface area contributed by atoms with Gasteiger partial charge in [-0.3, -0.25) is 4.79 Å². The molecule has 0 N–H and O–H groups in total. The number of hydrogen-bond donors (Lipinski definition) is 0. The third-order valence-electron chi connectivity index (χ3n) is 9.15. The summed E-state index contributed by atoms with van der Waals surface area (Å²) < 4.78 is 22.8. The minimum absolute atomic E-state index is 0.0506. The van der Waals surface area contributed by atoms with Crippen molar-refractivity contribution in [1.82, 2.24) is 9.80 Å². The molecule has 9 heteroatoms. The second-order valence-electron chi connectivity index (χ2n) is 13.8. The molecule has 0 spiro atoms. The first-order valence-corrected chi connectivity index (χ1v) is 16.4. The lowest BCUT2D eigenvalue weighted by Crippen LogP contribution is -2.51. The Bertz CT molecular complexity index is 1470. The van der Waals surface area contributed by atoms with Gasteiger partial charge < -0.3 is 28.7 Å². The van der Waals surface area contributed by atoms with Gasteiger partial charge in [-0.1, -0.05) is 30.3 Å². The smallest absolute Gasteiger partial charge is 0.410 e. The fraction of sp³-hybridized carbons (Fsp3) is 0.541. The average molecular weight is 632 g/mol. The quantitative estimate of drug-likeness (QED) is 0.304. The Hall–Kier alpha value is -4.01. The Labute approximate surface area is 273 Å². The standard InChI is InChI=1S/C37H49N3O6/c1-24-10-8-12-28(25(24)2)21-40(29-14-15-29)35(41)32-22-39(36(42)46-37(3,4)5)17-16-31(32)27-11-9-13-30(20-27)45-23-26-18-33(43-6)38-34(19-26)44-7/h8-13,18,20,26,29,31-32H,14-17,19,21-23H2,1-7H3/t26?,31-,32+/m1/s1. The molecule has 1 aliphatic carbocycles. The Balaban J connectivity index is 1.38. The summed E-state index contributed by atoms with van der Waals surface area (Å²) in [5.74, 6) is 1.53. The number of hydrogen-bond acceptors (Lipinski definition) is 7. The first-order valence-electron chi connectivity index (χ1n) is 16.4. The number of rotatable bonds is 9. The molecule has 1 saturated heterocycles. The van der Waals surface area contributed by atoms with Crippen molar-refractivity contribution in [1.29, 1.82) is 0 Å². The van der Waals surface area contributed by atoms with Gasteiger partial charge in [0.1, 0.15) is 11.4 Å². The van der Waals surface area contributed by atoms with E-state index in [2.05, 4.69) is 54.1 Å². The third kappa shape index (κ3) is 8.22. The number of aryl methyl sites for hydroxylation is 1. The highest BCUT2D eigenvalue weighted by Crippen LogP contribution is 2.39. The van der Waals surface area contributed by atoms with Crippen LogP contribution in [0.25, 0.3) is 0 Å². The molecule has 46 heavy (non-hydrogen) atoms. The van der Waals surface area contributed by atoms with Crippen LogP contribution >= 0.6 is 0 Å². The normalized spacial score (nSPS) is 21.5. The number of aliphatic imine (C=N–C) groups is 1. The second-order valence-corrected chi connectivity index (χ2v) is 13.8. The van der Waals surface area contributed by atoms with E-state index in [-0.39, 0.29) is 29.9 Å². The third-order valence-corrected chi connectivity index (χ3v) is 9.15. The van der Waals surface area contributed by atoms with Crippen LogP contribution in [0.1, 0.15) is 74.6 Å². The van der Waals surface area contributed by atoms with Gasteiger partial charge in [0, 0.05) is 38.0 Å². The zero-order valence-corrected chi connectivity index (χ0v) is 28.4. The average Bonchev–Trinajstić information content (AvgIpc) is 3.88. The molecule has 2 heterocycles. The van der Waals surface area contributed by atoms with Crippen LogP contribution in [0.15, 0.2) is 59.4 Å². The first-order chi connectivity index (χ1) is 22.0. The number of benzene rings is 2. The number of methoxy groups -OCH3 is 2. The van der Waals surface area contributed by atoms with Crippen molar-refractivity contribution in [3.05, 3.63) is 76.7 Å². The minimum Gasteiger partial charge on any atom is -0.493 e. The number of carbonyl (C=O) groups is 2. The Morgan fingerprint density at radius 2 is 1.78 bits per heavy atom. The van der Waals surface area contributed by atoms with Crippen molar-refractivity contribution in [2.24, 2.45) is 16.8 Å².